The summed E-state index contributed by atoms with van der Waals surface area (Å²) >= 11 is 1.45. The number of ketones is 1. The van der Waals surface area contributed by atoms with Gasteiger partial charge in [0.25, 0.3) is 5.91 Å². The lowest BCUT2D eigenvalue weighted by Gasteiger charge is -2.35. The molecular formula is C20H21NO3S. The second kappa shape index (κ2) is 6.39. The van der Waals surface area contributed by atoms with Crippen LogP contribution in [0.3, 0.4) is 0 Å². The Kier molecular flexibility index (Phi) is 4.21. The lowest BCUT2D eigenvalue weighted by Crippen LogP contribution is -2.47. The van der Waals surface area contributed by atoms with Gasteiger partial charge in [0.05, 0.1) is 11.0 Å². The van der Waals surface area contributed by atoms with Crippen molar-refractivity contribution in [2.75, 3.05) is 13.1 Å². The summed E-state index contributed by atoms with van der Waals surface area (Å²) in [6.07, 6.45) is 1.78. The Morgan fingerprint density at radius 3 is 2.48 bits per heavy atom. The van der Waals surface area contributed by atoms with Crippen LogP contribution in [0.5, 0.6) is 0 Å². The van der Waals surface area contributed by atoms with Crippen LogP contribution in [-0.2, 0) is 0 Å². The first-order valence-electron chi connectivity index (χ1n) is 8.71. The van der Waals surface area contributed by atoms with E-state index in [1.807, 2.05) is 41.3 Å². The van der Waals surface area contributed by atoms with E-state index in [9.17, 15) is 14.7 Å². The van der Waals surface area contributed by atoms with Crippen molar-refractivity contribution < 1.29 is 14.7 Å². The molecule has 1 aromatic heterocycles. The zero-order valence-corrected chi connectivity index (χ0v) is 15.0. The Balaban J connectivity index is 1.56. The number of Topliss-reactive ketones (excluding diaryl/α,β-unsaturated/α-hetero) is 1. The third-order valence-corrected chi connectivity index (χ3v) is 6.65. The Morgan fingerprint density at radius 2 is 1.84 bits per heavy atom. The molecule has 4 nitrogen and oxygen atoms in total. The van der Waals surface area contributed by atoms with E-state index in [1.165, 1.54) is 11.3 Å². The zero-order valence-electron chi connectivity index (χ0n) is 14.1. The lowest BCUT2D eigenvalue weighted by atomic mass is 9.94. The van der Waals surface area contributed by atoms with Crippen LogP contribution >= 0.6 is 11.3 Å². The summed E-state index contributed by atoms with van der Waals surface area (Å²) in [5.41, 5.74) is 1.63. The normalized spacial score (nSPS) is 25.2. The lowest BCUT2D eigenvalue weighted by molar-refractivity contribution is 0.0166. The van der Waals surface area contributed by atoms with E-state index in [-0.39, 0.29) is 29.6 Å². The average Bonchev–Trinajstić information content (AvgIpc) is 3.16. The van der Waals surface area contributed by atoms with Crippen LogP contribution in [0.2, 0.25) is 0 Å². The van der Waals surface area contributed by atoms with Gasteiger partial charge in [0.15, 0.2) is 5.78 Å². The number of aliphatic hydroxyl groups is 1. The van der Waals surface area contributed by atoms with Gasteiger partial charge >= 0.3 is 0 Å². The third-order valence-electron chi connectivity index (χ3n) is 5.42. The number of piperidine rings is 1. The second-order valence-corrected chi connectivity index (χ2v) is 8.18. The molecule has 2 aromatic rings. The number of amides is 1. The molecule has 2 bridgehead atoms. The van der Waals surface area contributed by atoms with Gasteiger partial charge < -0.3 is 10.0 Å². The first-order valence-corrected chi connectivity index (χ1v) is 9.53. The molecule has 1 saturated carbocycles. The highest BCUT2D eigenvalue weighted by Crippen LogP contribution is 2.37. The fourth-order valence-electron chi connectivity index (χ4n) is 4.03. The first-order chi connectivity index (χ1) is 12.0. The van der Waals surface area contributed by atoms with Crippen molar-refractivity contribution in [1.82, 2.24) is 4.90 Å². The summed E-state index contributed by atoms with van der Waals surface area (Å²) in [5, 5.41) is 10.2. The van der Waals surface area contributed by atoms with E-state index >= 15 is 0 Å². The molecule has 1 amide bonds. The van der Waals surface area contributed by atoms with Crippen molar-refractivity contribution in [3.05, 3.63) is 46.8 Å². The van der Waals surface area contributed by atoms with Crippen LogP contribution in [0.15, 0.2) is 36.4 Å². The van der Waals surface area contributed by atoms with Gasteiger partial charge in [-0.05, 0) is 49.6 Å². The highest BCUT2D eigenvalue weighted by atomic mass is 32.1. The number of carbonyl (C=O) groups is 2. The van der Waals surface area contributed by atoms with Crippen LogP contribution in [-0.4, -0.2) is 40.9 Å². The maximum atomic E-state index is 12.9. The van der Waals surface area contributed by atoms with Crippen LogP contribution < -0.4 is 0 Å². The van der Waals surface area contributed by atoms with E-state index in [4.69, 9.17) is 0 Å². The van der Waals surface area contributed by atoms with E-state index in [0.29, 0.717) is 18.7 Å². The largest absolute Gasteiger partial charge is 0.392 e. The summed E-state index contributed by atoms with van der Waals surface area (Å²) < 4.78 is 0. The highest BCUT2D eigenvalue weighted by Gasteiger charge is 2.42. The molecule has 4 rings (SSSR count). The first kappa shape index (κ1) is 16.5. The molecule has 3 atom stereocenters. The van der Waals surface area contributed by atoms with Crippen molar-refractivity contribution in [1.29, 1.82) is 0 Å². The number of fused-ring (bicyclic) bond motifs is 2. The predicted molar refractivity (Wildman–Crippen MR) is 97.9 cm³/mol. The molecule has 0 spiro atoms. The molecule has 2 fully saturated rings. The fraction of sp³-hybridized carbons (Fsp3) is 0.400. The fourth-order valence-corrected chi connectivity index (χ4v) is 4.93. The monoisotopic (exact) mass is 355 g/mol. The SMILES string of the molecule is CC(=O)c1ccc(-c2cccc(C(=O)N3C[C@H]4CC[C@@H](C3)C4O)c2)s1. The maximum Gasteiger partial charge on any atom is 0.253 e. The van der Waals surface area contributed by atoms with Gasteiger partial charge in [-0.25, -0.2) is 0 Å². The minimum absolute atomic E-state index is 0.0361. The molecule has 2 heterocycles. The summed E-state index contributed by atoms with van der Waals surface area (Å²) in [7, 11) is 0. The summed E-state index contributed by atoms with van der Waals surface area (Å²) in [6, 6.07) is 11.4. The molecule has 25 heavy (non-hydrogen) atoms. The smallest absolute Gasteiger partial charge is 0.253 e. The number of aliphatic hydroxyl groups excluding tert-OH is 1. The predicted octanol–water partition coefficient (Wildman–Crippen LogP) is 3.46. The van der Waals surface area contributed by atoms with Crippen molar-refractivity contribution in [2.45, 2.75) is 25.9 Å². The highest BCUT2D eigenvalue weighted by molar-refractivity contribution is 7.17. The zero-order chi connectivity index (χ0) is 17.6. The molecule has 1 saturated heterocycles. The number of thiophene rings is 1. The molecule has 1 N–H and O–H groups in total. The molecule has 1 unspecified atom stereocenters. The van der Waals surface area contributed by atoms with Gasteiger partial charge in [0.1, 0.15) is 0 Å². The molecule has 0 radical (unpaired) electrons. The molecule has 1 aliphatic carbocycles. The summed E-state index contributed by atoms with van der Waals surface area (Å²) in [5.74, 6) is 0.544. The Labute approximate surface area is 151 Å². The van der Waals surface area contributed by atoms with E-state index in [0.717, 1.165) is 28.2 Å². The van der Waals surface area contributed by atoms with Crippen molar-refractivity contribution >= 4 is 23.0 Å². The van der Waals surface area contributed by atoms with Crippen LogP contribution in [0.25, 0.3) is 10.4 Å². The number of hydrogen-bond acceptors (Lipinski definition) is 4. The van der Waals surface area contributed by atoms with E-state index in [2.05, 4.69) is 0 Å². The minimum atomic E-state index is -0.244. The third kappa shape index (κ3) is 3.02. The number of likely N-dealkylation sites (tertiary alicyclic amines) is 1. The molecule has 1 aromatic carbocycles. The van der Waals surface area contributed by atoms with Crippen LogP contribution in [0.1, 0.15) is 39.8 Å². The van der Waals surface area contributed by atoms with Gasteiger partial charge in [-0.15, -0.1) is 11.3 Å². The van der Waals surface area contributed by atoms with Crippen molar-refractivity contribution in [2.24, 2.45) is 11.8 Å². The second-order valence-electron chi connectivity index (χ2n) is 7.10. The van der Waals surface area contributed by atoms with Crippen molar-refractivity contribution in [3.63, 3.8) is 0 Å². The van der Waals surface area contributed by atoms with Crippen molar-refractivity contribution in [3.8, 4) is 10.4 Å². The average molecular weight is 355 g/mol. The van der Waals surface area contributed by atoms with Crippen LogP contribution in [0.4, 0.5) is 0 Å². The van der Waals surface area contributed by atoms with Gasteiger partial charge in [-0.3, -0.25) is 9.59 Å². The van der Waals surface area contributed by atoms with Gasteiger partial charge in [-0.1, -0.05) is 12.1 Å². The standard InChI is InChI=1S/C20H21NO3S/c1-12(22)17-7-8-18(25-17)13-3-2-4-14(9-13)20(24)21-10-15-5-6-16(11-21)19(15)23/h2-4,7-9,15-16,19,23H,5-6,10-11H2,1H3/t15-,16+,19?. The van der Waals surface area contributed by atoms with Crippen LogP contribution in [0, 0.1) is 11.8 Å². The molecule has 130 valence electrons. The Hall–Kier alpha value is -1.98. The van der Waals surface area contributed by atoms with E-state index in [1.54, 1.807) is 6.92 Å². The van der Waals surface area contributed by atoms with E-state index < -0.39 is 0 Å². The van der Waals surface area contributed by atoms with Gasteiger partial charge in [0, 0.05) is 35.4 Å². The number of rotatable bonds is 3. The molecule has 1 aliphatic heterocycles. The summed E-state index contributed by atoms with van der Waals surface area (Å²) in [4.78, 5) is 28.0. The Morgan fingerprint density at radius 1 is 1.12 bits per heavy atom. The topological polar surface area (TPSA) is 57.6 Å². The number of nitrogens with zero attached hydrogens (tertiary/aromatic N) is 1. The minimum Gasteiger partial charge on any atom is -0.392 e. The number of benzene rings is 1. The number of hydrogen-bond donors (Lipinski definition) is 1. The molecule has 5 heteroatoms. The quantitative estimate of drug-likeness (QED) is 0.858. The molecule has 2 aliphatic rings. The number of carbonyl (C=O) groups excluding carboxylic acids is 2. The molecular weight excluding hydrogens is 334 g/mol. The Bertz CT molecular complexity index is 814. The maximum absolute atomic E-state index is 12.9. The summed E-state index contributed by atoms with van der Waals surface area (Å²) in [6.45, 7) is 2.86. The van der Waals surface area contributed by atoms with Gasteiger partial charge in [-0.2, -0.15) is 0 Å². The van der Waals surface area contributed by atoms with Gasteiger partial charge in [0.2, 0.25) is 0 Å².